The van der Waals surface area contributed by atoms with E-state index in [1.807, 2.05) is 0 Å². The van der Waals surface area contributed by atoms with Gasteiger partial charge in [0.05, 0.1) is 11.9 Å². The summed E-state index contributed by atoms with van der Waals surface area (Å²) in [5.41, 5.74) is 6.53. The number of carbonyl (C=O) groups excluding carboxylic acids is 1. The number of phenolic OH excluding ortho intramolecular Hbond substituents is 1. The fourth-order valence-corrected chi connectivity index (χ4v) is 1.26. The maximum Gasteiger partial charge on any atom is 0.255 e. The number of carbonyl (C=O) groups is 1. The number of halogens is 1. The van der Waals surface area contributed by atoms with Crippen LogP contribution >= 0.6 is 0 Å². The highest BCUT2D eigenvalue weighted by Crippen LogP contribution is 2.24. The summed E-state index contributed by atoms with van der Waals surface area (Å²) in [6, 6.07) is 4.72. The molecule has 0 heterocycles. The normalized spacial score (nSPS) is 12.2. The van der Waals surface area contributed by atoms with Crippen LogP contribution in [0.5, 0.6) is 5.75 Å². The standard InChI is InChI=1S/C11H16FN3O2/c1-7(13)14-6-8-2-3-9(10(16)4-8)15-11(17)5-12/h2-4,7,14,16H,5-6,13H2,1H3,(H,15,17). The van der Waals surface area contributed by atoms with E-state index in [-0.39, 0.29) is 17.6 Å². The Morgan fingerprint density at radius 1 is 1.59 bits per heavy atom. The minimum Gasteiger partial charge on any atom is -0.506 e. The van der Waals surface area contributed by atoms with Crippen LogP contribution < -0.4 is 16.4 Å². The second-order valence-corrected chi connectivity index (χ2v) is 3.70. The maximum atomic E-state index is 12.0. The quantitative estimate of drug-likeness (QED) is 0.451. The molecule has 1 amide bonds. The number of hydrogen-bond acceptors (Lipinski definition) is 4. The van der Waals surface area contributed by atoms with Gasteiger partial charge in [-0.05, 0) is 24.6 Å². The number of anilines is 1. The zero-order valence-electron chi connectivity index (χ0n) is 9.53. The molecule has 1 aromatic carbocycles. The van der Waals surface area contributed by atoms with E-state index in [1.54, 1.807) is 13.0 Å². The first-order valence-electron chi connectivity index (χ1n) is 5.19. The van der Waals surface area contributed by atoms with Crippen LogP contribution in [0.3, 0.4) is 0 Å². The Labute approximate surface area is 98.8 Å². The fourth-order valence-electron chi connectivity index (χ4n) is 1.26. The van der Waals surface area contributed by atoms with E-state index < -0.39 is 12.6 Å². The Morgan fingerprint density at radius 2 is 2.29 bits per heavy atom. The third-order valence-electron chi connectivity index (χ3n) is 2.09. The van der Waals surface area contributed by atoms with Crippen molar-refractivity contribution in [1.82, 2.24) is 5.32 Å². The first-order valence-corrected chi connectivity index (χ1v) is 5.19. The molecule has 0 radical (unpaired) electrons. The lowest BCUT2D eigenvalue weighted by atomic mass is 10.2. The van der Waals surface area contributed by atoms with E-state index in [0.717, 1.165) is 5.56 Å². The first kappa shape index (κ1) is 13.4. The fraction of sp³-hybridized carbons (Fsp3) is 0.364. The molecule has 1 rings (SSSR count). The topological polar surface area (TPSA) is 87.4 Å². The van der Waals surface area contributed by atoms with Gasteiger partial charge in [-0.1, -0.05) is 6.07 Å². The van der Waals surface area contributed by atoms with Crippen LogP contribution in [0.2, 0.25) is 0 Å². The summed E-state index contributed by atoms with van der Waals surface area (Å²) < 4.78 is 12.0. The monoisotopic (exact) mass is 241 g/mol. The molecule has 5 N–H and O–H groups in total. The molecular formula is C11H16FN3O2. The number of phenols is 1. The van der Waals surface area contributed by atoms with E-state index >= 15 is 0 Å². The summed E-state index contributed by atoms with van der Waals surface area (Å²) in [4.78, 5) is 10.8. The van der Waals surface area contributed by atoms with Crippen molar-refractivity contribution in [2.24, 2.45) is 5.73 Å². The predicted octanol–water partition coefficient (Wildman–Crippen LogP) is 0.694. The van der Waals surface area contributed by atoms with Crippen molar-refractivity contribution in [2.75, 3.05) is 12.0 Å². The number of nitrogens with two attached hydrogens (primary N) is 1. The molecule has 6 heteroatoms. The van der Waals surface area contributed by atoms with Crippen LogP contribution in [0.25, 0.3) is 0 Å². The smallest absolute Gasteiger partial charge is 0.255 e. The maximum absolute atomic E-state index is 12.0. The molecular weight excluding hydrogens is 225 g/mol. The van der Waals surface area contributed by atoms with Gasteiger partial charge in [-0.2, -0.15) is 0 Å². The number of amides is 1. The van der Waals surface area contributed by atoms with Crippen LogP contribution in [-0.4, -0.2) is 23.9 Å². The van der Waals surface area contributed by atoms with Gasteiger partial charge >= 0.3 is 0 Å². The minimum atomic E-state index is -1.12. The molecule has 0 saturated heterocycles. The third-order valence-corrected chi connectivity index (χ3v) is 2.09. The summed E-state index contributed by atoms with van der Waals surface area (Å²) >= 11 is 0. The Hall–Kier alpha value is -1.66. The molecule has 0 aliphatic carbocycles. The molecule has 5 nitrogen and oxygen atoms in total. The molecule has 94 valence electrons. The molecule has 0 aliphatic heterocycles. The lowest BCUT2D eigenvalue weighted by Gasteiger charge is -2.10. The number of benzene rings is 1. The predicted molar refractivity (Wildman–Crippen MR) is 63.2 cm³/mol. The number of nitrogens with one attached hydrogen (secondary N) is 2. The van der Waals surface area contributed by atoms with Gasteiger partial charge < -0.3 is 16.2 Å². The molecule has 1 unspecified atom stereocenters. The number of hydrogen-bond donors (Lipinski definition) is 4. The summed E-state index contributed by atoms with van der Waals surface area (Å²) in [5.74, 6) is -0.891. The molecule has 0 aromatic heterocycles. The van der Waals surface area contributed by atoms with E-state index in [9.17, 15) is 14.3 Å². The molecule has 0 fully saturated rings. The van der Waals surface area contributed by atoms with Crippen molar-refractivity contribution in [2.45, 2.75) is 19.6 Å². The van der Waals surface area contributed by atoms with Crippen LogP contribution in [0.4, 0.5) is 10.1 Å². The van der Waals surface area contributed by atoms with Crippen molar-refractivity contribution in [3.8, 4) is 5.75 Å². The van der Waals surface area contributed by atoms with Gasteiger partial charge in [0, 0.05) is 6.54 Å². The Kier molecular flexibility index (Phi) is 4.86. The van der Waals surface area contributed by atoms with Gasteiger partial charge in [-0.15, -0.1) is 0 Å². The minimum absolute atomic E-state index is 0.101. The molecule has 17 heavy (non-hydrogen) atoms. The van der Waals surface area contributed by atoms with Gasteiger partial charge in [-0.3, -0.25) is 10.1 Å². The summed E-state index contributed by atoms with van der Waals surface area (Å²) in [6.07, 6.45) is -0.150. The van der Waals surface area contributed by atoms with E-state index in [0.29, 0.717) is 6.54 Å². The molecule has 0 aliphatic rings. The van der Waals surface area contributed by atoms with Crippen LogP contribution in [0, 0.1) is 0 Å². The Bertz CT molecular complexity index is 396. The number of rotatable bonds is 5. The van der Waals surface area contributed by atoms with Gasteiger partial charge in [0.15, 0.2) is 6.67 Å². The van der Waals surface area contributed by atoms with Crippen molar-refractivity contribution in [3.05, 3.63) is 23.8 Å². The van der Waals surface area contributed by atoms with Crippen molar-refractivity contribution >= 4 is 11.6 Å². The van der Waals surface area contributed by atoms with Crippen LogP contribution in [0.15, 0.2) is 18.2 Å². The highest BCUT2D eigenvalue weighted by Gasteiger charge is 2.06. The second-order valence-electron chi connectivity index (χ2n) is 3.70. The van der Waals surface area contributed by atoms with Crippen LogP contribution in [0.1, 0.15) is 12.5 Å². The van der Waals surface area contributed by atoms with E-state index in [2.05, 4.69) is 10.6 Å². The summed E-state index contributed by atoms with van der Waals surface area (Å²) in [7, 11) is 0. The molecule has 1 aromatic rings. The highest BCUT2D eigenvalue weighted by atomic mass is 19.1. The van der Waals surface area contributed by atoms with Crippen molar-refractivity contribution < 1.29 is 14.3 Å². The zero-order valence-corrected chi connectivity index (χ0v) is 9.53. The Balaban J connectivity index is 2.69. The third kappa shape index (κ3) is 4.38. The lowest BCUT2D eigenvalue weighted by molar-refractivity contribution is -0.117. The van der Waals surface area contributed by atoms with Crippen molar-refractivity contribution in [1.29, 1.82) is 0 Å². The summed E-state index contributed by atoms with van der Waals surface area (Å²) in [6.45, 7) is 1.19. The van der Waals surface area contributed by atoms with Crippen LogP contribution in [-0.2, 0) is 11.3 Å². The van der Waals surface area contributed by atoms with Gasteiger partial charge in [0.25, 0.3) is 5.91 Å². The summed E-state index contributed by atoms with van der Waals surface area (Å²) in [5, 5.41) is 14.8. The van der Waals surface area contributed by atoms with Gasteiger partial charge in [0.1, 0.15) is 5.75 Å². The van der Waals surface area contributed by atoms with Crippen molar-refractivity contribution in [3.63, 3.8) is 0 Å². The Morgan fingerprint density at radius 3 is 2.82 bits per heavy atom. The molecule has 0 saturated carbocycles. The SMILES string of the molecule is CC(N)NCc1ccc(NC(=O)CF)c(O)c1. The van der Waals surface area contributed by atoms with E-state index in [1.165, 1.54) is 12.1 Å². The zero-order chi connectivity index (χ0) is 12.8. The molecule has 0 spiro atoms. The van der Waals surface area contributed by atoms with E-state index in [4.69, 9.17) is 5.73 Å². The second kappa shape index (κ2) is 6.17. The highest BCUT2D eigenvalue weighted by molar-refractivity contribution is 5.93. The average molecular weight is 241 g/mol. The first-order chi connectivity index (χ1) is 8.02. The largest absolute Gasteiger partial charge is 0.506 e. The van der Waals surface area contributed by atoms with Gasteiger partial charge in [-0.25, -0.2) is 4.39 Å². The average Bonchev–Trinajstić information content (AvgIpc) is 2.29. The molecule has 1 atom stereocenters. The molecule has 0 bridgehead atoms. The lowest BCUT2D eigenvalue weighted by Crippen LogP contribution is -2.33. The number of alkyl halides is 1. The number of aromatic hydroxyl groups is 1. The van der Waals surface area contributed by atoms with Gasteiger partial charge in [0.2, 0.25) is 0 Å².